The fraction of sp³-hybridized carbons (Fsp3) is 0.308. The molecule has 0 saturated heterocycles. The molecule has 1 aromatic rings. The maximum Gasteiger partial charge on any atom is 0.189 e. The number of hydrogen-bond donors (Lipinski definition) is 0. The number of ketones is 1. The first kappa shape index (κ1) is 12.3. The number of carbonyl (C=O) groups is 1. The zero-order valence-corrected chi connectivity index (χ0v) is 9.66. The van der Waals surface area contributed by atoms with Crippen LogP contribution in [0, 0.1) is 0 Å². The molecule has 0 aromatic heterocycles. The summed E-state index contributed by atoms with van der Waals surface area (Å²) < 4.78 is 10.7. The lowest BCUT2D eigenvalue weighted by Crippen LogP contribution is -2.02. The third kappa shape index (κ3) is 2.86. The number of carbonyl (C=O) groups excluding carboxylic acids is 1. The molecule has 0 N–H and O–H groups in total. The molecule has 0 aliphatic rings. The standard InChI is InChI=1S/C13H16O3/c1-4-12(14)11-9-10(15-5-2)7-8-13(11)16-6-3/h4,7-9H,1,5-6H2,2-3H3. The Balaban J connectivity index is 3.09. The first-order valence-corrected chi connectivity index (χ1v) is 5.29. The molecule has 0 atom stereocenters. The third-order valence-electron chi connectivity index (χ3n) is 2.01. The van der Waals surface area contributed by atoms with Gasteiger partial charge in [-0.2, -0.15) is 0 Å². The summed E-state index contributed by atoms with van der Waals surface area (Å²) in [6, 6.07) is 5.21. The summed E-state index contributed by atoms with van der Waals surface area (Å²) >= 11 is 0. The summed E-state index contributed by atoms with van der Waals surface area (Å²) in [4.78, 5) is 11.6. The van der Waals surface area contributed by atoms with Gasteiger partial charge in [0.25, 0.3) is 0 Å². The van der Waals surface area contributed by atoms with Crippen molar-refractivity contribution in [2.75, 3.05) is 13.2 Å². The zero-order chi connectivity index (χ0) is 12.0. The molecule has 0 aliphatic heterocycles. The number of allylic oxidation sites excluding steroid dienone is 1. The van der Waals surface area contributed by atoms with Crippen molar-refractivity contribution in [3.8, 4) is 11.5 Å². The van der Waals surface area contributed by atoms with Crippen LogP contribution in [0.4, 0.5) is 0 Å². The fourth-order valence-corrected chi connectivity index (χ4v) is 1.35. The quantitative estimate of drug-likeness (QED) is 0.546. The van der Waals surface area contributed by atoms with Gasteiger partial charge in [-0.15, -0.1) is 0 Å². The van der Waals surface area contributed by atoms with Crippen LogP contribution in [0.2, 0.25) is 0 Å². The molecule has 0 aliphatic carbocycles. The molecule has 1 aromatic carbocycles. The van der Waals surface area contributed by atoms with E-state index in [9.17, 15) is 4.79 Å². The third-order valence-corrected chi connectivity index (χ3v) is 2.01. The highest BCUT2D eigenvalue weighted by molar-refractivity contribution is 6.06. The Labute approximate surface area is 95.7 Å². The molecule has 0 heterocycles. The van der Waals surface area contributed by atoms with E-state index < -0.39 is 0 Å². The largest absolute Gasteiger partial charge is 0.494 e. The van der Waals surface area contributed by atoms with Gasteiger partial charge in [0.2, 0.25) is 0 Å². The molecule has 86 valence electrons. The van der Waals surface area contributed by atoms with Crippen LogP contribution in [0.15, 0.2) is 30.9 Å². The van der Waals surface area contributed by atoms with Gasteiger partial charge in [-0.05, 0) is 38.1 Å². The van der Waals surface area contributed by atoms with Crippen molar-refractivity contribution in [1.82, 2.24) is 0 Å². The van der Waals surface area contributed by atoms with E-state index in [-0.39, 0.29) is 5.78 Å². The van der Waals surface area contributed by atoms with Crippen LogP contribution in [-0.4, -0.2) is 19.0 Å². The normalized spacial score (nSPS) is 9.62. The van der Waals surface area contributed by atoms with Gasteiger partial charge in [0, 0.05) is 0 Å². The highest BCUT2D eigenvalue weighted by atomic mass is 16.5. The Bertz CT molecular complexity index is 383. The average molecular weight is 220 g/mol. The molecule has 3 nitrogen and oxygen atoms in total. The number of hydrogen-bond acceptors (Lipinski definition) is 3. The Hall–Kier alpha value is -1.77. The van der Waals surface area contributed by atoms with Crippen LogP contribution in [0.5, 0.6) is 11.5 Å². The SMILES string of the molecule is C=CC(=O)c1cc(OCC)ccc1OCC. The van der Waals surface area contributed by atoms with Gasteiger partial charge in [0.1, 0.15) is 11.5 Å². The fourth-order valence-electron chi connectivity index (χ4n) is 1.35. The molecule has 1 rings (SSSR count). The van der Waals surface area contributed by atoms with E-state index in [0.29, 0.717) is 30.3 Å². The summed E-state index contributed by atoms with van der Waals surface area (Å²) in [6.07, 6.45) is 1.27. The van der Waals surface area contributed by atoms with Crippen molar-refractivity contribution in [3.63, 3.8) is 0 Å². The Morgan fingerprint density at radius 1 is 1.31 bits per heavy atom. The van der Waals surface area contributed by atoms with Crippen molar-refractivity contribution in [3.05, 3.63) is 36.4 Å². The van der Waals surface area contributed by atoms with Crippen LogP contribution in [-0.2, 0) is 0 Å². The highest BCUT2D eigenvalue weighted by Crippen LogP contribution is 2.25. The lowest BCUT2D eigenvalue weighted by molar-refractivity contribution is 0.104. The predicted molar refractivity (Wildman–Crippen MR) is 63.3 cm³/mol. The van der Waals surface area contributed by atoms with Gasteiger partial charge < -0.3 is 9.47 Å². The van der Waals surface area contributed by atoms with E-state index in [1.165, 1.54) is 6.08 Å². The highest BCUT2D eigenvalue weighted by Gasteiger charge is 2.11. The number of ether oxygens (including phenoxy) is 2. The Morgan fingerprint density at radius 2 is 2.00 bits per heavy atom. The lowest BCUT2D eigenvalue weighted by atomic mass is 10.1. The van der Waals surface area contributed by atoms with Crippen molar-refractivity contribution in [2.45, 2.75) is 13.8 Å². The molecule has 16 heavy (non-hydrogen) atoms. The topological polar surface area (TPSA) is 35.5 Å². The van der Waals surface area contributed by atoms with E-state index in [4.69, 9.17) is 9.47 Å². The first-order valence-electron chi connectivity index (χ1n) is 5.29. The van der Waals surface area contributed by atoms with Gasteiger partial charge in [-0.25, -0.2) is 0 Å². The van der Waals surface area contributed by atoms with Crippen molar-refractivity contribution in [2.24, 2.45) is 0 Å². The Morgan fingerprint density at radius 3 is 2.56 bits per heavy atom. The smallest absolute Gasteiger partial charge is 0.189 e. The van der Waals surface area contributed by atoms with Crippen LogP contribution in [0.25, 0.3) is 0 Å². The van der Waals surface area contributed by atoms with E-state index in [2.05, 4.69) is 6.58 Å². The van der Waals surface area contributed by atoms with Crippen LogP contribution in [0.3, 0.4) is 0 Å². The maximum absolute atomic E-state index is 11.6. The van der Waals surface area contributed by atoms with E-state index in [1.807, 2.05) is 13.8 Å². The van der Waals surface area contributed by atoms with E-state index in [1.54, 1.807) is 18.2 Å². The minimum absolute atomic E-state index is 0.162. The van der Waals surface area contributed by atoms with E-state index >= 15 is 0 Å². The summed E-state index contributed by atoms with van der Waals surface area (Å²) in [7, 11) is 0. The molecule has 0 bridgehead atoms. The van der Waals surface area contributed by atoms with Gasteiger partial charge in [-0.3, -0.25) is 4.79 Å². The van der Waals surface area contributed by atoms with Crippen LogP contribution >= 0.6 is 0 Å². The second kappa shape index (κ2) is 5.95. The zero-order valence-electron chi connectivity index (χ0n) is 9.66. The van der Waals surface area contributed by atoms with Crippen LogP contribution in [0.1, 0.15) is 24.2 Å². The van der Waals surface area contributed by atoms with Crippen molar-refractivity contribution >= 4 is 5.78 Å². The first-order chi connectivity index (χ1) is 7.72. The van der Waals surface area contributed by atoms with Gasteiger partial charge in [0.05, 0.1) is 18.8 Å². The minimum atomic E-state index is -0.162. The summed E-state index contributed by atoms with van der Waals surface area (Å²) in [6.45, 7) is 8.32. The molecule has 0 unspecified atom stereocenters. The van der Waals surface area contributed by atoms with E-state index in [0.717, 1.165) is 0 Å². The van der Waals surface area contributed by atoms with Crippen molar-refractivity contribution < 1.29 is 14.3 Å². The molecule has 0 spiro atoms. The number of rotatable bonds is 6. The molecule has 0 fully saturated rings. The van der Waals surface area contributed by atoms with Crippen molar-refractivity contribution in [1.29, 1.82) is 0 Å². The summed E-state index contributed by atoms with van der Waals surface area (Å²) in [5.41, 5.74) is 0.489. The molecular weight excluding hydrogens is 204 g/mol. The lowest BCUT2D eigenvalue weighted by Gasteiger charge is -2.10. The Kier molecular flexibility index (Phi) is 4.58. The van der Waals surface area contributed by atoms with Crippen LogP contribution < -0.4 is 9.47 Å². The molecule has 0 amide bonds. The average Bonchev–Trinajstić information content (AvgIpc) is 2.31. The molecular formula is C13H16O3. The monoisotopic (exact) mass is 220 g/mol. The predicted octanol–water partition coefficient (Wildman–Crippen LogP) is 2.85. The molecule has 0 radical (unpaired) electrons. The summed E-state index contributed by atoms with van der Waals surface area (Å²) in [5, 5.41) is 0. The van der Waals surface area contributed by atoms with Gasteiger partial charge in [0.15, 0.2) is 5.78 Å². The molecule has 3 heteroatoms. The second-order valence-electron chi connectivity index (χ2n) is 3.09. The minimum Gasteiger partial charge on any atom is -0.494 e. The van der Waals surface area contributed by atoms with Gasteiger partial charge >= 0.3 is 0 Å². The number of benzene rings is 1. The summed E-state index contributed by atoms with van der Waals surface area (Å²) in [5.74, 6) is 1.07. The second-order valence-corrected chi connectivity index (χ2v) is 3.09. The maximum atomic E-state index is 11.6. The molecule has 0 saturated carbocycles. The van der Waals surface area contributed by atoms with Gasteiger partial charge in [-0.1, -0.05) is 6.58 Å².